The molecule has 10 nitrogen and oxygen atoms in total. The van der Waals surface area contributed by atoms with Gasteiger partial charge in [0.1, 0.15) is 5.82 Å². The number of rotatable bonds is 8. The molecule has 4 aromatic rings. The summed E-state index contributed by atoms with van der Waals surface area (Å²) in [5.41, 5.74) is 5.82. The first-order chi connectivity index (χ1) is 22.0. The number of hydrogen-bond acceptors (Lipinski definition) is 8. The number of anilines is 1. The second-order valence-electron chi connectivity index (χ2n) is 14.8. The van der Waals surface area contributed by atoms with Gasteiger partial charge in [-0.25, -0.2) is 4.98 Å². The Morgan fingerprint density at radius 2 is 1.78 bits per heavy atom. The van der Waals surface area contributed by atoms with Gasteiger partial charge < -0.3 is 24.4 Å². The van der Waals surface area contributed by atoms with Crippen molar-refractivity contribution >= 4 is 22.5 Å². The van der Waals surface area contributed by atoms with E-state index in [-0.39, 0.29) is 12.2 Å². The zero-order valence-corrected chi connectivity index (χ0v) is 28.0. The molecular weight excluding hydrogens is 576 g/mol. The lowest BCUT2D eigenvalue weighted by molar-refractivity contribution is -0.0419. The Morgan fingerprint density at radius 3 is 2.43 bits per heavy atom. The van der Waals surface area contributed by atoms with E-state index in [0.29, 0.717) is 29.4 Å². The number of aromatic nitrogens is 5. The van der Waals surface area contributed by atoms with Crippen LogP contribution in [0.2, 0.25) is 0 Å². The van der Waals surface area contributed by atoms with Gasteiger partial charge in [0.25, 0.3) is 0 Å². The lowest BCUT2D eigenvalue weighted by atomic mass is 9.72. The van der Waals surface area contributed by atoms with E-state index in [1.807, 2.05) is 24.6 Å². The number of nitrogens with zero attached hydrogens (tertiary/aromatic N) is 8. The summed E-state index contributed by atoms with van der Waals surface area (Å²) < 4.78 is 3.84. The minimum atomic E-state index is -0.969. The summed E-state index contributed by atoms with van der Waals surface area (Å²) in [5, 5.41) is 15.2. The summed E-state index contributed by atoms with van der Waals surface area (Å²) in [7, 11) is 4.14. The van der Waals surface area contributed by atoms with Crippen LogP contribution in [-0.4, -0.2) is 103 Å². The second kappa shape index (κ2) is 11.9. The number of Topliss-reactive ketones (excluding diaryl/α,β-unsaturated/α-hetero) is 1. The zero-order valence-electron chi connectivity index (χ0n) is 28.0. The average Bonchev–Trinajstić information content (AvgIpc) is 3.53. The van der Waals surface area contributed by atoms with E-state index in [9.17, 15) is 9.90 Å². The Labute approximate surface area is 272 Å². The van der Waals surface area contributed by atoms with Crippen molar-refractivity contribution in [3.05, 3.63) is 59.8 Å². The zero-order chi connectivity index (χ0) is 32.2. The monoisotopic (exact) mass is 624 g/mol. The summed E-state index contributed by atoms with van der Waals surface area (Å²) in [6, 6.07) is 10.7. The number of ketones is 1. The van der Waals surface area contributed by atoms with Crippen LogP contribution in [0.1, 0.15) is 61.4 Å². The van der Waals surface area contributed by atoms with Crippen molar-refractivity contribution in [1.29, 1.82) is 0 Å². The van der Waals surface area contributed by atoms with Crippen LogP contribution in [0.3, 0.4) is 0 Å². The van der Waals surface area contributed by atoms with Crippen LogP contribution in [0.4, 0.5) is 5.69 Å². The van der Waals surface area contributed by atoms with E-state index in [1.54, 1.807) is 37.0 Å². The van der Waals surface area contributed by atoms with Crippen molar-refractivity contribution in [3.8, 4) is 11.3 Å². The second-order valence-corrected chi connectivity index (χ2v) is 14.8. The molecule has 0 bridgehead atoms. The van der Waals surface area contributed by atoms with Gasteiger partial charge in [-0.3, -0.25) is 14.5 Å². The number of piperidine rings is 2. The molecule has 7 rings (SSSR count). The summed E-state index contributed by atoms with van der Waals surface area (Å²) in [6.07, 6.45) is 8.65. The van der Waals surface area contributed by atoms with Gasteiger partial charge in [-0.2, -0.15) is 5.10 Å². The van der Waals surface area contributed by atoms with Gasteiger partial charge in [0, 0.05) is 68.0 Å². The molecule has 0 saturated carbocycles. The smallest absolute Gasteiger partial charge is 0.170 e. The highest BCUT2D eigenvalue weighted by Gasteiger charge is 2.44. The van der Waals surface area contributed by atoms with Crippen molar-refractivity contribution < 1.29 is 9.90 Å². The van der Waals surface area contributed by atoms with E-state index >= 15 is 0 Å². The fourth-order valence-corrected chi connectivity index (χ4v) is 8.07. The summed E-state index contributed by atoms with van der Waals surface area (Å²) in [6.45, 7) is 13.0. The van der Waals surface area contributed by atoms with Gasteiger partial charge in [0.15, 0.2) is 5.78 Å². The topological polar surface area (TPSA) is 95.6 Å². The molecule has 46 heavy (non-hydrogen) atoms. The molecule has 0 amide bonds. The molecule has 244 valence electrons. The van der Waals surface area contributed by atoms with Crippen LogP contribution in [0.5, 0.6) is 0 Å². The highest BCUT2D eigenvalue weighted by Crippen LogP contribution is 2.40. The first-order valence-electron chi connectivity index (χ1n) is 16.8. The molecule has 0 radical (unpaired) electrons. The molecule has 6 heterocycles. The fourth-order valence-electron chi connectivity index (χ4n) is 8.07. The fraction of sp³-hybridized carbons (Fsp3) is 0.556. The SMILES string of the molecule is Cc1c(-c2cc(C(=O)Cc3nc4ccc(N5CCC(N6CCC7(CC6)CN(C)C7)CC5)cc4n3CC(C)(C)O)ccn2)cnn1C. The van der Waals surface area contributed by atoms with E-state index in [2.05, 4.69) is 50.0 Å². The Bertz CT molecular complexity index is 1730. The minimum Gasteiger partial charge on any atom is -0.389 e. The maximum absolute atomic E-state index is 13.6. The van der Waals surface area contributed by atoms with Crippen LogP contribution in [0.15, 0.2) is 42.7 Å². The largest absolute Gasteiger partial charge is 0.389 e. The number of pyridine rings is 1. The molecule has 0 atom stereocenters. The van der Waals surface area contributed by atoms with Gasteiger partial charge in [-0.15, -0.1) is 0 Å². The van der Waals surface area contributed by atoms with Gasteiger partial charge in [0.2, 0.25) is 0 Å². The maximum atomic E-state index is 13.6. The lowest BCUT2D eigenvalue weighted by Crippen LogP contribution is -2.60. The first kappa shape index (κ1) is 31.0. The number of hydrogen-bond donors (Lipinski definition) is 1. The highest BCUT2D eigenvalue weighted by molar-refractivity contribution is 5.98. The van der Waals surface area contributed by atoms with Gasteiger partial charge in [-0.05, 0) is 102 Å². The first-order valence-corrected chi connectivity index (χ1v) is 16.8. The van der Waals surface area contributed by atoms with E-state index < -0.39 is 5.60 Å². The van der Waals surface area contributed by atoms with Crippen LogP contribution < -0.4 is 4.90 Å². The number of imidazole rings is 1. The average molecular weight is 625 g/mol. The Kier molecular flexibility index (Phi) is 8.02. The van der Waals surface area contributed by atoms with Crippen molar-refractivity contribution in [2.24, 2.45) is 12.5 Å². The van der Waals surface area contributed by atoms with Crippen LogP contribution in [-0.2, 0) is 20.0 Å². The summed E-state index contributed by atoms with van der Waals surface area (Å²) in [5.74, 6) is 0.627. The number of aliphatic hydroxyl groups is 1. The number of fused-ring (bicyclic) bond motifs is 1. The summed E-state index contributed by atoms with van der Waals surface area (Å²) >= 11 is 0. The van der Waals surface area contributed by atoms with Crippen LogP contribution >= 0.6 is 0 Å². The van der Waals surface area contributed by atoms with E-state index in [0.717, 1.165) is 41.1 Å². The lowest BCUT2D eigenvalue weighted by Gasteiger charge is -2.54. The van der Waals surface area contributed by atoms with Gasteiger partial charge in [0.05, 0.1) is 41.5 Å². The van der Waals surface area contributed by atoms with E-state index in [4.69, 9.17) is 4.98 Å². The maximum Gasteiger partial charge on any atom is 0.170 e. The predicted octanol–water partition coefficient (Wildman–Crippen LogP) is 4.33. The number of carbonyl (C=O) groups excluding carboxylic acids is 1. The van der Waals surface area contributed by atoms with Crippen molar-refractivity contribution in [3.63, 3.8) is 0 Å². The Morgan fingerprint density at radius 1 is 1.04 bits per heavy atom. The van der Waals surface area contributed by atoms with Crippen LogP contribution in [0, 0.1) is 12.3 Å². The van der Waals surface area contributed by atoms with E-state index in [1.165, 1.54) is 57.5 Å². The third-order valence-electron chi connectivity index (χ3n) is 10.7. The molecular formula is C36H48N8O2. The quantitative estimate of drug-likeness (QED) is 0.290. The van der Waals surface area contributed by atoms with Crippen LogP contribution in [0.25, 0.3) is 22.3 Å². The van der Waals surface area contributed by atoms with Gasteiger partial charge >= 0.3 is 0 Å². The molecule has 3 aliphatic heterocycles. The molecule has 3 fully saturated rings. The molecule has 1 N–H and O–H groups in total. The van der Waals surface area contributed by atoms with Gasteiger partial charge in [-0.1, -0.05) is 0 Å². The molecule has 3 aliphatic rings. The Hall–Kier alpha value is -3.60. The standard InChI is InChI=1S/C36H48N8O2/c1-25-29(21-38-41(25)5)31-18-26(8-13-37-31)33(45)20-34-39-30-7-6-28(19-32(30)44(34)22-35(2,3)46)42-14-9-27(10-15-42)43-16-11-36(12-17-43)23-40(4)24-36/h6-8,13,18-19,21,27,46H,9-12,14-17,20,22-24H2,1-5H3. The Balaban J connectivity index is 1.07. The number of aryl methyl sites for hydroxylation is 1. The van der Waals surface area contributed by atoms with Crippen molar-refractivity contribution in [1.82, 2.24) is 34.1 Å². The molecule has 1 spiro atoms. The molecule has 0 aliphatic carbocycles. The summed E-state index contributed by atoms with van der Waals surface area (Å²) in [4.78, 5) is 30.8. The number of likely N-dealkylation sites (tertiary alicyclic amines) is 2. The molecule has 3 saturated heterocycles. The highest BCUT2D eigenvalue weighted by atomic mass is 16.3. The number of carbonyl (C=O) groups is 1. The third-order valence-corrected chi connectivity index (χ3v) is 10.7. The third kappa shape index (κ3) is 6.10. The molecule has 0 unspecified atom stereocenters. The minimum absolute atomic E-state index is 0.0345. The predicted molar refractivity (Wildman–Crippen MR) is 181 cm³/mol. The van der Waals surface area contributed by atoms with Crippen molar-refractivity contribution in [2.45, 2.75) is 71.1 Å². The normalized spacial score (nSPS) is 19.7. The van der Waals surface area contributed by atoms with Crippen molar-refractivity contribution in [2.75, 3.05) is 51.2 Å². The molecule has 10 heteroatoms. The molecule has 1 aromatic carbocycles. The molecule has 3 aromatic heterocycles. The number of benzene rings is 1.